The average Bonchev–Trinajstić information content (AvgIpc) is 2.08. The predicted molar refractivity (Wildman–Crippen MR) is 49.1 cm³/mol. The van der Waals surface area contributed by atoms with Crippen LogP contribution in [-0.4, -0.2) is 11.4 Å². The summed E-state index contributed by atoms with van der Waals surface area (Å²) in [7, 11) is 0. The minimum atomic E-state index is 0.361. The second-order valence-corrected chi connectivity index (χ2v) is 2.61. The van der Waals surface area contributed by atoms with Crippen LogP contribution in [0.2, 0.25) is 0 Å². The Kier molecular flexibility index (Phi) is 2.28. The van der Waals surface area contributed by atoms with Crippen LogP contribution in [0.5, 0.6) is 0 Å². The first-order chi connectivity index (χ1) is 5.69. The second kappa shape index (κ2) is 3.21. The second-order valence-electron chi connectivity index (χ2n) is 2.61. The third-order valence-electron chi connectivity index (χ3n) is 1.71. The van der Waals surface area contributed by atoms with E-state index in [0.717, 1.165) is 0 Å². The van der Waals surface area contributed by atoms with Gasteiger partial charge in [0, 0.05) is 0 Å². The highest BCUT2D eigenvalue weighted by atomic mass is 16.4. The molecule has 0 bridgehead atoms. The normalized spacial score (nSPS) is 24.2. The standard InChI is InChI=1S/C8H10N2O2/c1-5-3-8(10-12)6(2)4-7(5)9-11/h3-4,11-12H,1-2H3/p-2. The van der Waals surface area contributed by atoms with Crippen LogP contribution in [0, 0.1) is 10.4 Å². The van der Waals surface area contributed by atoms with E-state index in [4.69, 9.17) is 0 Å². The molecular weight excluding hydrogens is 156 g/mol. The van der Waals surface area contributed by atoms with Crippen LogP contribution in [0.3, 0.4) is 0 Å². The molecular formula is C8H8N2O2-2. The van der Waals surface area contributed by atoms with Gasteiger partial charge >= 0.3 is 0 Å². The van der Waals surface area contributed by atoms with E-state index < -0.39 is 0 Å². The topological polar surface area (TPSA) is 70.8 Å². The molecule has 0 saturated heterocycles. The molecule has 1 rings (SSSR count). The molecule has 64 valence electrons. The summed E-state index contributed by atoms with van der Waals surface area (Å²) < 4.78 is 0. The lowest BCUT2D eigenvalue weighted by Gasteiger charge is -2.14. The van der Waals surface area contributed by atoms with E-state index in [1.165, 1.54) is 0 Å². The molecule has 0 aliphatic heterocycles. The predicted octanol–water partition coefficient (Wildman–Crippen LogP) is 1.77. The van der Waals surface area contributed by atoms with Crippen molar-refractivity contribution in [1.82, 2.24) is 0 Å². The summed E-state index contributed by atoms with van der Waals surface area (Å²) in [5.74, 6) is 0. The maximum atomic E-state index is 10.2. The number of rotatable bonds is 0. The minimum Gasteiger partial charge on any atom is -0.792 e. The average molecular weight is 164 g/mol. The first kappa shape index (κ1) is 8.52. The molecule has 0 atom stereocenters. The number of allylic oxidation sites excluding steroid dienone is 4. The van der Waals surface area contributed by atoms with Crippen molar-refractivity contribution in [3.8, 4) is 0 Å². The largest absolute Gasteiger partial charge is 0.792 e. The summed E-state index contributed by atoms with van der Waals surface area (Å²) in [5, 5.41) is 26.1. The van der Waals surface area contributed by atoms with Crippen molar-refractivity contribution in [3.63, 3.8) is 0 Å². The van der Waals surface area contributed by atoms with E-state index in [2.05, 4.69) is 10.3 Å². The van der Waals surface area contributed by atoms with Crippen molar-refractivity contribution in [2.45, 2.75) is 13.8 Å². The fraction of sp³-hybridized carbons (Fsp3) is 0.250. The van der Waals surface area contributed by atoms with E-state index in [0.29, 0.717) is 22.6 Å². The van der Waals surface area contributed by atoms with Crippen molar-refractivity contribution in [2.24, 2.45) is 10.3 Å². The van der Waals surface area contributed by atoms with E-state index >= 15 is 0 Å². The van der Waals surface area contributed by atoms with E-state index in [-0.39, 0.29) is 0 Å². The third-order valence-corrected chi connectivity index (χ3v) is 1.71. The Bertz CT molecular complexity index is 279. The lowest BCUT2D eigenvalue weighted by atomic mass is 9.98. The maximum Gasteiger partial charge on any atom is 0.0552 e. The van der Waals surface area contributed by atoms with Gasteiger partial charge in [0.05, 0.1) is 11.4 Å². The molecule has 0 saturated carbocycles. The van der Waals surface area contributed by atoms with Crippen LogP contribution in [0.15, 0.2) is 33.6 Å². The van der Waals surface area contributed by atoms with Gasteiger partial charge < -0.3 is 20.7 Å². The molecule has 0 spiro atoms. The number of hydrogen-bond acceptors (Lipinski definition) is 4. The zero-order valence-corrected chi connectivity index (χ0v) is 6.87. The smallest absolute Gasteiger partial charge is 0.0552 e. The highest BCUT2D eigenvalue weighted by Crippen LogP contribution is 2.12. The van der Waals surface area contributed by atoms with Gasteiger partial charge in [0.15, 0.2) is 0 Å². The molecule has 1 aliphatic rings. The molecule has 4 nitrogen and oxygen atoms in total. The summed E-state index contributed by atoms with van der Waals surface area (Å²) in [6.07, 6.45) is 3.11. The van der Waals surface area contributed by atoms with Crippen LogP contribution >= 0.6 is 0 Å². The SMILES string of the molecule is CC1=CC(=N[O-])C(C)=CC1=N[O-]. The van der Waals surface area contributed by atoms with Gasteiger partial charge in [-0.2, -0.15) is 0 Å². The summed E-state index contributed by atoms with van der Waals surface area (Å²) in [5.41, 5.74) is 2.07. The fourth-order valence-corrected chi connectivity index (χ4v) is 0.982. The summed E-state index contributed by atoms with van der Waals surface area (Å²) in [4.78, 5) is 0. The first-order valence-electron chi connectivity index (χ1n) is 3.47. The molecule has 0 N–H and O–H groups in total. The van der Waals surface area contributed by atoms with Gasteiger partial charge in [-0.3, -0.25) is 0 Å². The van der Waals surface area contributed by atoms with Crippen LogP contribution in [0.1, 0.15) is 13.8 Å². The Labute approximate surface area is 70.2 Å². The van der Waals surface area contributed by atoms with Gasteiger partial charge in [-0.15, -0.1) is 0 Å². The monoisotopic (exact) mass is 164 g/mol. The van der Waals surface area contributed by atoms with Crippen molar-refractivity contribution in [2.75, 3.05) is 0 Å². The van der Waals surface area contributed by atoms with Crippen LogP contribution in [0.4, 0.5) is 0 Å². The zero-order valence-electron chi connectivity index (χ0n) is 6.87. The molecule has 1 aliphatic carbocycles. The Morgan fingerprint density at radius 3 is 1.50 bits per heavy atom. The molecule has 0 heterocycles. The van der Waals surface area contributed by atoms with Gasteiger partial charge in [0.1, 0.15) is 0 Å². The lowest BCUT2D eigenvalue weighted by molar-refractivity contribution is 1.44. The van der Waals surface area contributed by atoms with Crippen LogP contribution in [-0.2, 0) is 0 Å². The van der Waals surface area contributed by atoms with Crippen molar-refractivity contribution in [3.05, 3.63) is 33.7 Å². The van der Waals surface area contributed by atoms with Crippen LogP contribution < -0.4 is 0 Å². The summed E-state index contributed by atoms with van der Waals surface area (Å²) >= 11 is 0. The van der Waals surface area contributed by atoms with Gasteiger partial charge in [-0.1, -0.05) is 0 Å². The fourth-order valence-electron chi connectivity index (χ4n) is 0.982. The molecule has 0 aromatic rings. The molecule has 0 radical (unpaired) electrons. The minimum absolute atomic E-state index is 0.361. The Morgan fingerprint density at radius 2 is 1.25 bits per heavy atom. The Hall–Kier alpha value is -1.58. The van der Waals surface area contributed by atoms with Gasteiger partial charge in [0.25, 0.3) is 0 Å². The van der Waals surface area contributed by atoms with E-state index in [1.807, 2.05) is 0 Å². The lowest BCUT2D eigenvalue weighted by Crippen LogP contribution is -2.09. The highest BCUT2D eigenvalue weighted by Gasteiger charge is 2.08. The highest BCUT2D eigenvalue weighted by molar-refractivity contribution is 6.23. The molecule has 0 unspecified atom stereocenters. The van der Waals surface area contributed by atoms with Crippen molar-refractivity contribution < 1.29 is 0 Å². The maximum absolute atomic E-state index is 10.2. The Morgan fingerprint density at radius 1 is 0.917 bits per heavy atom. The molecule has 0 amide bonds. The molecule has 0 fully saturated rings. The Balaban J connectivity index is 3.11. The zero-order chi connectivity index (χ0) is 9.14. The molecule has 12 heavy (non-hydrogen) atoms. The van der Waals surface area contributed by atoms with Crippen molar-refractivity contribution in [1.29, 1.82) is 0 Å². The van der Waals surface area contributed by atoms with Gasteiger partial charge in [0.2, 0.25) is 0 Å². The summed E-state index contributed by atoms with van der Waals surface area (Å²) in [6.45, 7) is 3.43. The molecule has 0 aromatic carbocycles. The van der Waals surface area contributed by atoms with E-state index in [1.54, 1.807) is 26.0 Å². The first-order valence-corrected chi connectivity index (χ1v) is 3.47. The van der Waals surface area contributed by atoms with Crippen LogP contribution in [0.25, 0.3) is 0 Å². The quantitative estimate of drug-likeness (QED) is 0.404. The number of nitrogens with zero attached hydrogens (tertiary/aromatic N) is 2. The van der Waals surface area contributed by atoms with Crippen molar-refractivity contribution >= 4 is 11.4 Å². The number of hydrogen-bond donors (Lipinski definition) is 0. The molecule has 4 heteroatoms. The summed E-state index contributed by atoms with van der Waals surface area (Å²) in [6, 6.07) is 0. The van der Waals surface area contributed by atoms with Gasteiger partial charge in [-0.25, -0.2) is 0 Å². The molecule has 0 aromatic heterocycles. The van der Waals surface area contributed by atoms with E-state index in [9.17, 15) is 10.4 Å². The third kappa shape index (κ3) is 1.37. The van der Waals surface area contributed by atoms with Gasteiger partial charge in [-0.05, 0) is 37.1 Å².